The number of carbonyl (C=O) groups excluding carboxylic acids is 1. The molecule has 0 saturated carbocycles. The molecule has 1 amide bonds. The number of piperazine rings is 1. The molecule has 0 bridgehead atoms. The van der Waals surface area contributed by atoms with E-state index in [1.54, 1.807) is 11.3 Å². The van der Waals surface area contributed by atoms with Gasteiger partial charge in [-0.2, -0.15) is 0 Å². The Morgan fingerprint density at radius 1 is 1.50 bits per heavy atom. The van der Waals surface area contributed by atoms with Gasteiger partial charge in [-0.25, -0.2) is 0 Å². The average molecular weight is 287 g/mol. The van der Waals surface area contributed by atoms with Crippen molar-refractivity contribution in [3.8, 4) is 0 Å². The molecule has 5 heteroatoms. The molecule has 2 rings (SSSR count). The van der Waals surface area contributed by atoms with Crippen molar-refractivity contribution in [2.75, 3.05) is 26.2 Å². The minimum absolute atomic E-state index is 0.284. The van der Waals surface area contributed by atoms with Crippen LogP contribution in [0.15, 0.2) is 12.1 Å². The molecule has 1 aliphatic rings. The van der Waals surface area contributed by atoms with Gasteiger partial charge in [0.1, 0.15) is 0 Å². The normalized spacial score (nSPS) is 17.8. The number of carbonyl (C=O) groups is 1. The molecule has 0 spiro atoms. The molecule has 1 aromatic rings. The second-order valence-corrected chi connectivity index (χ2v) is 6.65. The quantitative estimate of drug-likeness (QED) is 0.922. The summed E-state index contributed by atoms with van der Waals surface area (Å²) in [6.07, 6.45) is 1.57. The SMILES string of the molecule is CC(CC(=O)N1CCNCC1)Cc1ccc(Cl)s1. The molecule has 1 fully saturated rings. The molecule has 1 atom stereocenters. The molecule has 1 aromatic heterocycles. The number of amides is 1. The Morgan fingerprint density at radius 3 is 2.83 bits per heavy atom. The van der Waals surface area contributed by atoms with Crippen LogP contribution in [0, 0.1) is 5.92 Å². The minimum Gasteiger partial charge on any atom is -0.340 e. The lowest BCUT2D eigenvalue weighted by Gasteiger charge is -2.28. The molecule has 18 heavy (non-hydrogen) atoms. The third-order valence-corrected chi connectivity index (χ3v) is 4.42. The monoisotopic (exact) mass is 286 g/mol. The highest BCUT2D eigenvalue weighted by Gasteiger charge is 2.18. The van der Waals surface area contributed by atoms with Crippen LogP contribution in [-0.4, -0.2) is 37.0 Å². The highest BCUT2D eigenvalue weighted by atomic mass is 35.5. The number of hydrogen-bond acceptors (Lipinski definition) is 3. The van der Waals surface area contributed by atoms with Crippen LogP contribution in [0.1, 0.15) is 18.2 Å². The summed E-state index contributed by atoms with van der Waals surface area (Å²) >= 11 is 7.52. The molecule has 0 aromatic carbocycles. The summed E-state index contributed by atoms with van der Waals surface area (Å²) in [6.45, 7) is 5.65. The van der Waals surface area contributed by atoms with Crippen LogP contribution in [0.25, 0.3) is 0 Å². The topological polar surface area (TPSA) is 32.3 Å². The van der Waals surface area contributed by atoms with Crippen LogP contribution in [0.3, 0.4) is 0 Å². The van der Waals surface area contributed by atoms with Gasteiger partial charge in [-0.1, -0.05) is 18.5 Å². The molecule has 0 radical (unpaired) electrons. The minimum atomic E-state index is 0.284. The molecular weight excluding hydrogens is 268 g/mol. The van der Waals surface area contributed by atoms with E-state index < -0.39 is 0 Å². The van der Waals surface area contributed by atoms with E-state index >= 15 is 0 Å². The summed E-state index contributed by atoms with van der Waals surface area (Å²) in [4.78, 5) is 15.3. The summed E-state index contributed by atoms with van der Waals surface area (Å²) in [7, 11) is 0. The predicted molar refractivity (Wildman–Crippen MR) is 76.3 cm³/mol. The smallest absolute Gasteiger partial charge is 0.222 e. The zero-order chi connectivity index (χ0) is 13.0. The number of rotatable bonds is 4. The first kappa shape index (κ1) is 13.8. The summed E-state index contributed by atoms with van der Waals surface area (Å²) in [5, 5.41) is 3.26. The molecule has 3 nitrogen and oxygen atoms in total. The Morgan fingerprint density at radius 2 is 2.22 bits per heavy atom. The molecule has 100 valence electrons. The molecule has 1 aliphatic heterocycles. The van der Waals surface area contributed by atoms with Gasteiger partial charge in [-0.05, 0) is 24.5 Å². The van der Waals surface area contributed by atoms with E-state index in [9.17, 15) is 4.79 Å². The van der Waals surface area contributed by atoms with Crippen molar-refractivity contribution in [3.63, 3.8) is 0 Å². The van der Waals surface area contributed by atoms with E-state index in [0.29, 0.717) is 12.3 Å². The maximum Gasteiger partial charge on any atom is 0.222 e. The highest BCUT2D eigenvalue weighted by Crippen LogP contribution is 2.24. The van der Waals surface area contributed by atoms with Crippen LogP contribution >= 0.6 is 22.9 Å². The van der Waals surface area contributed by atoms with Gasteiger partial charge in [-0.15, -0.1) is 11.3 Å². The van der Waals surface area contributed by atoms with Gasteiger partial charge in [0, 0.05) is 37.5 Å². The Kier molecular flexibility index (Phi) is 5.03. The van der Waals surface area contributed by atoms with E-state index in [1.807, 2.05) is 11.0 Å². The van der Waals surface area contributed by atoms with E-state index in [1.165, 1.54) is 4.88 Å². The van der Waals surface area contributed by atoms with Gasteiger partial charge in [0.2, 0.25) is 5.91 Å². The maximum atomic E-state index is 12.1. The maximum absolute atomic E-state index is 12.1. The number of hydrogen-bond donors (Lipinski definition) is 1. The lowest BCUT2D eigenvalue weighted by molar-refractivity contribution is -0.132. The van der Waals surface area contributed by atoms with Crippen molar-refractivity contribution in [2.24, 2.45) is 5.92 Å². The van der Waals surface area contributed by atoms with Crippen molar-refractivity contribution in [1.82, 2.24) is 10.2 Å². The number of thiophene rings is 1. The van der Waals surface area contributed by atoms with Crippen LogP contribution < -0.4 is 5.32 Å². The third kappa shape index (κ3) is 3.97. The van der Waals surface area contributed by atoms with Crippen LogP contribution in [0.5, 0.6) is 0 Å². The molecule has 1 N–H and O–H groups in total. The first-order valence-electron chi connectivity index (χ1n) is 6.38. The Labute approximate surface area is 117 Å². The second kappa shape index (κ2) is 6.55. The lowest BCUT2D eigenvalue weighted by atomic mass is 10.0. The van der Waals surface area contributed by atoms with Gasteiger partial charge < -0.3 is 10.2 Å². The lowest BCUT2D eigenvalue weighted by Crippen LogP contribution is -2.46. The predicted octanol–water partition coefficient (Wildman–Crippen LogP) is 2.40. The molecule has 1 unspecified atom stereocenters. The van der Waals surface area contributed by atoms with Gasteiger partial charge in [-0.3, -0.25) is 4.79 Å². The molecular formula is C13H19ClN2OS. The summed E-state index contributed by atoms with van der Waals surface area (Å²) in [5.41, 5.74) is 0. The van der Waals surface area contributed by atoms with Crippen molar-refractivity contribution in [2.45, 2.75) is 19.8 Å². The highest BCUT2D eigenvalue weighted by molar-refractivity contribution is 7.16. The number of halogens is 1. The largest absolute Gasteiger partial charge is 0.340 e. The Bertz CT molecular complexity index is 401. The number of nitrogens with one attached hydrogen (secondary N) is 1. The standard InChI is InChI=1S/C13H19ClN2OS/c1-10(8-11-2-3-12(14)18-11)9-13(17)16-6-4-15-5-7-16/h2-3,10,15H,4-9H2,1H3. The van der Waals surface area contributed by atoms with Crippen LogP contribution in [-0.2, 0) is 11.2 Å². The van der Waals surface area contributed by atoms with Gasteiger partial charge >= 0.3 is 0 Å². The summed E-state index contributed by atoms with van der Waals surface area (Å²) < 4.78 is 0.825. The second-order valence-electron chi connectivity index (χ2n) is 4.85. The first-order valence-corrected chi connectivity index (χ1v) is 7.57. The van der Waals surface area contributed by atoms with Crippen LogP contribution in [0.2, 0.25) is 4.34 Å². The van der Waals surface area contributed by atoms with Gasteiger partial charge in [0.25, 0.3) is 0 Å². The zero-order valence-corrected chi connectivity index (χ0v) is 12.2. The zero-order valence-electron chi connectivity index (χ0n) is 10.6. The van der Waals surface area contributed by atoms with Gasteiger partial charge in [0.05, 0.1) is 4.34 Å². The fourth-order valence-corrected chi connectivity index (χ4v) is 3.47. The third-order valence-electron chi connectivity index (χ3n) is 3.17. The van der Waals surface area contributed by atoms with E-state index in [4.69, 9.17) is 11.6 Å². The summed E-state index contributed by atoms with van der Waals surface area (Å²) in [5.74, 6) is 0.661. The fourth-order valence-electron chi connectivity index (χ4n) is 2.22. The van der Waals surface area contributed by atoms with E-state index in [2.05, 4.69) is 18.3 Å². The van der Waals surface area contributed by atoms with Crippen molar-refractivity contribution in [3.05, 3.63) is 21.3 Å². The van der Waals surface area contributed by atoms with Crippen LogP contribution in [0.4, 0.5) is 0 Å². The molecule has 0 aliphatic carbocycles. The Balaban J connectivity index is 1.79. The van der Waals surface area contributed by atoms with Crippen molar-refractivity contribution < 1.29 is 4.79 Å². The number of nitrogens with zero attached hydrogens (tertiary/aromatic N) is 1. The van der Waals surface area contributed by atoms with E-state index in [0.717, 1.165) is 36.9 Å². The van der Waals surface area contributed by atoms with E-state index in [-0.39, 0.29) is 5.91 Å². The first-order chi connectivity index (χ1) is 8.65. The Hall–Kier alpha value is -0.580. The van der Waals surface area contributed by atoms with Crippen molar-refractivity contribution >= 4 is 28.8 Å². The molecule has 2 heterocycles. The average Bonchev–Trinajstić information content (AvgIpc) is 2.75. The molecule has 1 saturated heterocycles. The van der Waals surface area contributed by atoms with Crippen molar-refractivity contribution in [1.29, 1.82) is 0 Å². The summed E-state index contributed by atoms with van der Waals surface area (Å²) in [6, 6.07) is 3.98. The fraction of sp³-hybridized carbons (Fsp3) is 0.615. The van der Waals surface area contributed by atoms with Gasteiger partial charge in [0.15, 0.2) is 0 Å².